The first-order valence-electron chi connectivity index (χ1n) is 6.92. The molecule has 5 nitrogen and oxygen atoms in total. The summed E-state index contributed by atoms with van der Waals surface area (Å²) in [4.78, 5) is 24.8. The maximum absolute atomic E-state index is 11.8. The summed E-state index contributed by atoms with van der Waals surface area (Å²) in [7, 11) is 2.09. The molecular formula is C14H26N2O3. The summed E-state index contributed by atoms with van der Waals surface area (Å²) in [5, 5.41) is 11.7. The molecule has 0 aliphatic heterocycles. The summed E-state index contributed by atoms with van der Waals surface area (Å²) in [5.41, 5.74) is -0.498. The molecule has 1 rings (SSSR count). The van der Waals surface area contributed by atoms with Crippen molar-refractivity contribution in [2.45, 2.75) is 58.5 Å². The Bertz CT molecular complexity index is 338. The number of nitrogens with zero attached hydrogens (tertiary/aromatic N) is 1. The van der Waals surface area contributed by atoms with Crippen molar-refractivity contribution < 1.29 is 14.7 Å². The lowest BCUT2D eigenvalue weighted by molar-refractivity contribution is -0.139. The largest absolute Gasteiger partial charge is 0.481 e. The lowest BCUT2D eigenvalue weighted by atomic mass is 9.85. The van der Waals surface area contributed by atoms with Crippen LogP contribution in [0.4, 0.5) is 0 Å². The molecule has 0 aromatic carbocycles. The molecular weight excluding hydrogens is 244 g/mol. The molecule has 1 fully saturated rings. The standard InChI is InChI=1S/C14H26N2O3/c1-10(16(4)11-5-6-11)9-15-12(17)7-14(2,3)8-13(18)19/h10-11H,5-9H2,1-4H3,(H,15,17)(H,18,19). The maximum Gasteiger partial charge on any atom is 0.303 e. The number of amides is 1. The molecule has 1 atom stereocenters. The van der Waals surface area contributed by atoms with Gasteiger partial charge in [0.25, 0.3) is 0 Å². The van der Waals surface area contributed by atoms with Gasteiger partial charge in [-0.25, -0.2) is 0 Å². The number of nitrogens with one attached hydrogen (secondary N) is 1. The van der Waals surface area contributed by atoms with E-state index in [9.17, 15) is 9.59 Å². The van der Waals surface area contributed by atoms with E-state index in [-0.39, 0.29) is 18.7 Å². The van der Waals surface area contributed by atoms with Crippen LogP contribution in [0.15, 0.2) is 0 Å². The van der Waals surface area contributed by atoms with Gasteiger partial charge in [0.2, 0.25) is 5.91 Å². The van der Waals surface area contributed by atoms with Crippen molar-refractivity contribution in [1.29, 1.82) is 0 Å². The molecule has 0 bridgehead atoms. The molecule has 1 saturated carbocycles. The number of carboxylic acid groups (broad SMARTS) is 1. The van der Waals surface area contributed by atoms with E-state index in [0.29, 0.717) is 18.6 Å². The molecule has 1 aliphatic rings. The zero-order valence-electron chi connectivity index (χ0n) is 12.4. The quantitative estimate of drug-likeness (QED) is 0.701. The van der Waals surface area contributed by atoms with Crippen molar-refractivity contribution in [3.8, 4) is 0 Å². The Hall–Kier alpha value is -1.10. The molecule has 19 heavy (non-hydrogen) atoms. The summed E-state index contributed by atoms with van der Waals surface area (Å²) >= 11 is 0. The van der Waals surface area contributed by atoms with Crippen molar-refractivity contribution in [3.05, 3.63) is 0 Å². The van der Waals surface area contributed by atoms with Gasteiger partial charge >= 0.3 is 5.97 Å². The van der Waals surface area contributed by atoms with Crippen LogP contribution in [0.1, 0.15) is 46.5 Å². The number of carboxylic acids is 1. The second-order valence-electron chi connectivity index (χ2n) is 6.46. The fourth-order valence-corrected chi connectivity index (χ4v) is 2.22. The Balaban J connectivity index is 2.28. The van der Waals surface area contributed by atoms with Crippen LogP contribution < -0.4 is 5.32 Å². The molecule has 0 saturated heterocycles. The first-order chi connectivity index (χ1) is 8.71. The second-order valence-corrected chi connectivity index (χ2v) is 6.46. The van der Waals surface area contributed by atoms with Crippen LogP contribution in [0, 0.1) is 5.41 Å². The molecule has 5 heteroatoms. The van der Waals surface area contributed by atoms with Crippen LogP contribution in [0.3, 0.4) is 0 Å². The molecule has 0 spiro atoms. The highest BCUT2D eigenvalue weighted by Crippen LogP contribution is 2.27. The van der Waals surface area contributed by atoms with Gasteiger partial charge < -0.3 is 10.4 Å². The Morgan fingerprint density at radius 3 is 2.42 bits per heavy atom. The smallest absolute Gasteiger partial charge is 0.303 e. The predicted octanol–water partition coefficient (Wildman–Crippen LogP) is 1.48. The Morgan fingerprint density at radius 2 is 1.95 bits per heavy atom. The average Bonchev–Trinajstić information content (AvgIpc) is 3.05. The summed E-state index contributed by atoms with van der Waals surface area (Å²) in [5.74, 6) is -0.929. The third-order valence-electron chi connectivity index (χ3n) is 3.68. The third-order valence-corrected chi connectivity index (χ3v) is 3.68. The lowest BCUT2D eigenvalue weighted by Crippen LogP contribution is -2.42. The van der Waals surface area contributed by atoms with Gasteiger partial charge in [0, 0.05) is 25.0 Å². The fourth-order valence-electron chi connectivity index (χ4n) is 2.22. The highest BCUT2D eigenvalue weighted by Gasteiger charge is 2.29. The number of carbonyl (C=O) groups excluding carboxylic acids is 1. The van der Waals surface area contributed by atoms with E-state index in [1.807, 2.05) is 0 Å². The molecule has 0 heterocycles. The molecule has 1 aliphatic carbocycles. The average molecular weight is 270 g/mol. The second kappa shape index (κ2) is 6.37. The van der Waals surface area contributed by atoms with Crippen molar-refractivity contribution in [3.63, 3.8) is 0 Å². The number of rotatable bonds is 8. The molecule has 2 N–H and O–H groups in total. The Labute approximate surface area is 115 Å². The summed E-state index contributed by atoms with van der Waals surface area (Å²) < 4.78 is 0. The lowest BCUT2D eigenvalue weighted by Gasteiger charge is -2.26. The van der Waals surface area contributed by atoms with Crippen molar-refractivity contribution in [1.82, 2.24) is 10.2 Å². The van der Waals surface area contributed by atoms with Gasteiger partial charge in [-0.1, -0.05) is 13.8 Å². The topological polar surface area (TPSA) is 69.6 Å². The van der Waals surface area contributed by atoms with Gasteiger partial charge in [-0.3, -0.25) is 14.5 Å². The van der Waals surface area contributed by atoms with Crippen LogP contribution in [0.5, 0.6) is 0 Å². The van der Waals surface area contributed by atoms with E-state index in [0.717, 1.165) is 0 Å². The minimum Gasteiger partial charge on any atom is -0.481 e. The summed E-state index contributed by atoms with van der Waals surface area (Å²) in [6.07, 6.45) is 2.76. The van der Waals surface area contributed by atoms with Gasteiger partial charge in [-0.2, -0.15) is 0 Å². The summed E-state index contributed by atoms with van der Waals surface area (Å²) in [6, 6.07) is 0.995. The first kappa shape index (κ1) is 16.0. The monoisotopic (exact) mass is 270 g/mol. The minimum absolute atomic E-state index is 0.0119. The normalized spacial score (nSPS) is 17.3. The van der Waals surface area contributed by atoms with Gasteiger partial charge in [0.05, 0.1) is 6.42 Å². The van der Waals surface area contributed by atoms with E-state index < -0.39 is 11.4 Å². The highest BCUT2D eigenvalue weighted by molar-refractivity contribution is 5.77. The molecule has 110 valence electrons. The number of aliphatic carboxylic acids is 1. The van der Waals surface area contributed by atoms with Crippen molar-refractivity contribution in [2.75, 3.05) is 13.6 Å². The fraction of sp³-hybridized carbons (Fsp3) is 0.857. The Morgan fingerprint density at radius 1 is 1.37 bits per heavy atom. The number of hydrogen-bond donors (Lipinski definition) is 2. The van der Waals surface area contributed by atoms with Crippen molar-refractivity contribution in [2.24, 2.45) is 5.41 Å². The zero-order chi connectivity index (χ0) is 14.6. The van der Waals surface area contributed by atoms with Gasteiger partial charge in [0.1, 0.15) is 0 Å². The van der Waals surface area contributed by atoms with Crippen LogP contribution in [0.25, 0.3) is 0 Å². The van der Waals surface area contributed by atoms with Crippen LogP contribution in [-0.4, -0.2) is 47.6 Å². The minimum atomic E-state index is -0.861. The van der Waals surface area contributed by atoms with E-state index in [1.165, 1.54) is 12.8 Å². The van der Waals surface area contributed by atoms with E-state index >= 15 is 0 Å². The molecule has 0 aromatic rings. The zero-order valence-corrected chi connectivity index (χ0v) is 12.4. The van der Waals surface area contributed by atoms with Gasteiger partial charge in [0.15, 0.2) is 0 Å². The molecule has 0 radical (unpaired) electrons. The first-order valence-corrected chi connectivity index (χ1v) is 6.92. The summed E-state index contributed by atoms with van der Waals surface area (Å²) in [6.45, 7) is 6.33. The van der Waals surface area contributed by atoms with Crippen LogP contribution in [0.2, 0.25) is 0 Å². The van der Waals surface area contributed by atoms with Crippen LogP contribution in [-0.2, 0) is 9.59 Å². The van der Waals surface area contributed by atoms with Crippen LogP contribution >= 0.6 is 0 Å². The van der Waals surface area contributed by atoms with E-state index in [2.05, 4.69) is 24.2 Å². The number of hydrogen-bond acceptors (Lipinski definition) is 3. The van der Waals surface area contributed by atoms with Gasteiger partial charge in [-0.05, 0) is 32.2 Å². The predicted molar refractivity (Wildman–Crippen MR) is 73.9 cm³/mol. The van der Waals surface area contributed by atoms with E-state index in [1.54, 1.807) is 13.8 Å². The number of carbonyl (C=O) groups is 2. The number of likely N-dealkylation sites (N-methyl/N-ethyl adjacent to an activating group) is 1. The Kier molecular flexibility index (Phi) is 5.35. The SMILES string of the molecule is CC(CNC(=O)CC(C)(C)CC(=O)O)N(C)C1CC1. The molecule has 1 amide bonds. The molecule has 0 aromatic heterocycles. The molecule has 1 unspecified atom stereocenters. The van der Waals surface area contributed by atoms with Gasteiger partial charge in [-0.15, -0.1) is 0 Å². The third kappa shape index (κ3) is 6.05. The maximum atomic E-state index is 11.8. The van der Waals surface area contributed by atoms with Crippen molar-refractivity contribution >= 4 is 11.9 Å². The highest BCUT2D eigenvalue weighted by atomic mass is 16.4. The van der Waals surface area contributed by atoms with E-state index in [4.69, 9.17) is 5.11 Å².